The molecule has 5 heteroatoms. The van der Waals surface area contributed by atoms with Gasteiger partial charge in [-0.2, -0.15) is 4.98 Å². The van der Waals surface area contributed by atoms with Crippen LogP contribution in [-0.2, 0) is 6.54 Å². The molecule has 2 aromatic rings. The Morgan fingerprint density at radius 1 is 1.43 bits per heavy atom. The van der Waals surface area contributed by atoms with Crippen LogP contribution in [0.15, 0.2) is 28.8 Å². The highest BCUT2D eigenvalue weighted by atomic mass is 16.5. The lowest BCUT2D eigenvalue weighted by molar-refractivity contribution is 0.245. The van der Waals surface area contributed by atoms with Crippen molar-refractivity contribution in [2.45, 2.75) is 32.9 Å². The topological polar surface area (TPSA) is 68.2 Å². The first kappa shape index (κ1) is 14.2. The smallest absolute Gasteiger partial charge is 0.257 e. The maximum Gasteiger partial charge on any atom is 0.257 e. The molecule has 0 amide bonds. The van der Waals surface area contributed by atoms with Crippen LogP contribution in [0.25, 0.3) is 11.5 Å². The average molecular weight is 286 g/mol. The molecule has 1 saturated heterocycles. The Kier molecular flexibility index (Phi) is 4.03. The minimum atomic E-state index is 0.527. The van der Waals surface area contributed by atoms with Gasteiger partial charge in [0, 0.05) is 18.2 Å². The van der Waals surface area contributed by atoms with Gasteiger partial charge >= 0.3 is 0 Å². The number of benzene rings is 1. The molecule has 0 bridgehead atoms. The van der Waals surface area contributed by atoms with Crippen LogP contribution in [0.5, 0.6) is 0 Å². The fraction of sp³-hybridized carbons (Fsp3) is 0.500. The summed E-state index contributed by atoms with van der Waals surface area (Å²) in [5, 5.41) is 4.11. The first-order valence-corrected chi connectivity index (χ1v) is 7.49. The number of aryl methyl sites for hydroxylation is 1. The molecule has 1 aromatic carbocycles. The summed E-state index contributed by atoms with van der Waals surface area (Å²) < 4.78 is 5.39. The lowest BCUT2D eigenvalue weighted by atomic mass is 10.1. The minimum absolute atomic E-state index is 0.527. The summed E-state index contributed by atoms with van der Waals surface area (Å²) >= 11 is 0. The molecule has 1 aliphatic heterocycles. The van der Waals surface area contributed by atoms with E-state index in [0.717, 1.165) is 37.4 Å². The normalized spacial score (nSPS) is 22.8. The van der Waals surface area contributed by atoms with E-state index in [2.05, 4.69) is 41.0 Å². The van der Waals surface area contributed by atoms with E-state index < -0.39 is 0 Å². The van der Waals surface area contributed by atoms with Gasteiger partial charge < -0.3 is 10.3 Å². The van der Waals surface area contributed by atoms with Gasteiger partial charge in [-0.3, -0.25) is 4.90 Å². The second-order valence-electron chi connectivity index (χ2n) is 6.00. The van der Waals surface area contributed by atoms with Gasteiger partial charge in [0.2, 0.25) is 0 Å². The lowest BCUT2D eigenvalue weighted by Gasteiger charge is -2.18. The van der Waals surface area contributed by atoms with E-state index in [1.165, 1.54) is 5.56 Å². The maximum atomic E-state index is 5.77. The summed E-state index contributed by atoms with van der Waals surface area (Å²) in [7, 11) is 0. The molecule has 0 radical (unpaired) electrons. The van der Waals surface area contributed by atoms with Gasteiger partial charge in [-0.25, -0.2) is 0 Å². The molecular formula is C16H22N4O. The van der Waals surface area contributed by atoms with Crippen LogP contribution in [0.4, 0.5) is 0 Å². The van der Waals surface area contributed by atoms with Gasteiger partial charge in [0.15, 0.2) is 5.82 Å². The van der Waals surface area contributed by atoms with E-state index >= 15 is 0 Å². The minimum Gasteiger partial charge on any atom is -0.334 e. The summed E-state index contributed by atoms with van der Waals surface area (Å²) in [4.78, 5) is 6.90. The van der Waals surface area contributed by atoms with Crippen molar-refractivity contribution in [2.24, 2.45) is 11.7 Å². The zero-order chi connectivity index (χ0) is 14.8. The van der Waals surface area contributed by atoms with Crippen LogP contribution in [0.1, 0.15) is 24.7 Å². The van der Waals surface area contributed by atoms with Crippen molar-refractivity contribution in [3.05, 3.63) is 35.7 Å². The Morgan fingerprint density at radius 2 is 2.29 bits per heavy atom. The van der Waals surface area contributed by atoms with Crippen molar-refractivity contribution < 1.29 is 4.52 Å². The third kappa shape index (κ3) is 3.14. The number of nitrogens with two attached hydrogens (primary N) is 1. The molecule has 112 valence electrons. The predicted octanol–water partition coefficient (Wildman–Crippen LogP) is 2.21. The molecule has 21 heavy (non-hydrogen) atoms. The van der Waals surface area contributed by atoms with E-state index in [1.807, 2.05) is 12.1 Å². The van der Waals surface area contributed by atoms with E-state index in [-0.39, 0.29) is 0 Å². The van der Waals surface area contributed by atoms with Crippen molar-refractivity contribution in [2.75, 3.05) is 13.1 Å². The Hall–Kier alpha value is -1.72. The second-order valence-corrected chi connectivity index (χ2v) is 6.00. The molecule has 2 heterocycles. The highest BCUT2D eigenvalue weighted by molar-refractivity contribution is 5.53. The van der Waals surface area contributed by atoms with E-state index in [0.29, 0.717) is 17.9 Å². The predicted molar refractivity (Wildman–Crippen MR) is 81.5 cm³/mol. The van der Waals surface area contributed by atoms with E-state index in [9.17, 15) is 0 Å². The van der Waals surface area contributed by atoms with Gasteiger partial charge in [-0.15, -0.1) is 0 Å². The van der Waals surface area contributed by atoms with Gasteiger partial charge in [0.05, 0.1) is 6.54 Å². The number of hydrogen-bond acceptors (Lipinski definition) is 5. The van der Waals surface area contributed by atoms with Crippen molar-refractivity contribution in [1.29, 1.82) is 0 Å². The summed E-state index contributed by atoms with van der Waals surface area (Å²) in [5.41, 5.74) is 7.93. The SMILES string of the molecule is Cc1cccc(-c2nc(CN3CC(CN)CC3C)no2)c1. The number of aromatic nitrogens is 2. The quantitative estimate of drug-likeness (QED) is 0.933. The number of rotatable bonds is 4. The molecule has 2 N–H and O–H groups in total. The van der Waals surface area contributed by atoms with Crippen molar-refractivity contribution in [3.63, 3.8) is 0 Å². The molecule has 2 atom stereocenters. The summed E-state index contributed by atoms with van der Waals surface area (Å²) in [6, 6.07) is 8.63. The molecule has 1 aliphatic rings. The van der Waals surface area contributed by atoms with Crippen molar-refractivity contribution in [3.8, 4) is 11.5 Å². The van der Waals surface area contributed by atoms with Gasteiger partial charge in [0.25, 0.3) is 5.89 Å². The number of nitrogens with zero attached hydrogens (tertiary/aromatic N) is 3. The summed E-state index contributed by atoms with van der Waals surface area (Å²) in [6.07, 6.45) is 1.15. The molecule has 0 aliphatic carbocycles. The molecule has 1 fully saturated rings. The van der Waals surface area contributed by atoms with Crippen LogP contribution in [0, 0.1) is 12.8 Å². The van der Waals surface area contributed by atoms with Gasteiger partial charge in [0.1, 0.15) is 0 Å². The molecular weight excluding hydrogens is 264 g/mol. The zero-order valence-electron chi connectivity index (χ0n) is 12.6. The number of hydrogen-bond donors (Lipinski definition) is 1. The van der Waals surface area contributed by atoms with Crippen LogP contribution in [0.3, 0.4) is 0 Å². The Morgan fingerprint density at radius 3 is 3.00 bits per heavy atom. The average Bonchev–Trinajstić information content (AvgIpc) is 3.07. The Bertz CT molecular complexity index is 610. The van der Waals surface area contributed by atoms with Crippen molar-refractivity contribution in [1.82, 2.24) is 15.0 Å². The standard InChI is InChI=1S/C16H22N4O/c1-11-4-3-5-14(6-11)16-18-15(19-21-16)10-20-9-13(8-17)7-12(20)2/h3-6,12-13H,7-10,17H2,1-2H3. The zero-order valence-corrected chi connectivity index (χ0v) is 12.6. The second kappa shape index (κ2) is 5.95. The van der Waals surface area contributed by atoms with Crippen LogP contribution in [-0.4, -0.2) is 34.2 Å². The molecule has 2 unspecified atom stereocenters. The van der Waals surface area contributed by atoms with Gasteiger partial charge in [-0.05, 0) is 44.9 Å². The molecule has 0 spiro atoms. The lowest BCUT2D eigenvalue weighted by Crippen LogP contribution is -2.27. The van der Waals surface area contributed by atoms with Crippen LogP contribution in [0.2, 0.25) is 0 Å². The highest BCUT2D eigenvalue weighted by Crippen LogP contribution is 2.24. The van der Waals surface area contributed by atoms with E-state index in [1.54, 1.807) is 0 Å². The van der Waals surface area contributed by atoms with Gasteiger partial charge in [-0.1, -0.05) is 22.9 Å². The van der Waals surface area contributed by atoms with E-state index in [4.69, 9.17) is 10.3 Å². The summed E-state index contributed by atoms with van der Waals surface area (Å²) in [6.45, 7) is 6.79. The fourth-order valence-corrected chi connectivity index (χ4v) is 3.00. The third-order valence-electron chi connectivity index (χ3n) is 4.20. The third-order valence-corrected chi connectivity index (χ3v) is 4.20. The molecule has 5 nitrogen and oxygen atoms in total. The largest absolute Gasteiger partial charge is 0.334 e. The maximum absolute atomic E-state index is 5.77. The van der Waals surface area contributed by atoms with Crippen LogP contribution < -0.4 is 5.73 Å². The monoisotopic (exact) mass is 286 g/mol. The Labute approximate surface area is 125 Å². The summed E-state index contributed by atoms with van der Waals surface area (Å²) in [5.74, 6) is 1.93. The number of likely N-dealkylation sites (tertiary alicyclic amines) is 1. The fourth-order valence-electron chi connectivity index (χ4n) is 3.00. The molecule has 1 aromatic heterocycles. The molecule has 3 rings (SSSR count). The first-order chi connectivity index (χ1) is 10.2. The first-order valence-electron chi connectivity index (χ1n) is 7.49. The van der Waals surface area contributed by atoms with Crippen molar-refractivity contribution >= 4 is 0 Å². The van der Waals surface area contributed by atoms with Crippen LogP contribution >= 0.6 is 0 Å². The molecule has 0 saturated carbocycles. The highest BCUT2D eigenvalue weighted by Gasteiger charge is 2.29. The Balaban J connectivity index is 1.71.